The Morgan fingerprint density at radius 3 is 2.71 bits per heavy atom. The van der Waals surface area contributed by atoms with E-state index < -0.39 is 12.1 Å². The first kappa shape index (κ1) is 19.8. The molecule has 0 aliphatic heterocycles. The average Bonchev–Trinajstić information content (AvgIpc) is 3.38. The van der Waals surface area contributed by atoms with Crippen molar-refractivity contribution in [1.82, 2.24) is 10.1 Å². The van der Waals surface area contributed by atoms with Crippen LogP contribution in [-0.4, -0.2) is 28.1 Å². The molecule has 28 heavy (non-hydrogen) atoms. The van der Waals surface area contributed by atoms with Crippen molar-refractivity contribution in [2.75, 3.05) is 5.32 Å². The van der Waals surface area contributed by atoms with Gasteiger partial charge in [-0.25, -0.2) is 0 Å². The second-order valence-corrected chi connectivity index (χ2v) is 6.98. The lowest BCUT2D eigenvalue weighted by Gasteiger charge is -2.13. The molecule has 1 aromatic carbocycles. The molecule has 2 heterocycles. The third-order valence-electron chi connectivity index (χ3n) is 4.10. The van der Waals surface area contributed by atoms with Gasteiger partial charge < -0.3 is 14.6 Å². The first-order valence-electron chi connectivity index (χ1n) is 8.99. The number of benzene rings is 1. The normalized spacial score (nSPS) is 11.8. The molecule has 8 heteroatoms. The van der Waals surface area contributed by atoms with Crippen LogP contribution < -0.4 is 5.32 Å². The Bertz CT molecular complexity index is 919. The minimum absolute atomic E-state index is 0.0497. The molecule has 0 spiro atoms. The summed E-state index contributed by atoms with van der Waals surface area (Å²) in [6, 6.07) is 9.43. The molecule has 0 unspecified atom stereocenters. The maximum Gasteiger partial charge on any atom is 0.307 e. The molecule has 3 rings (SSSR count). The van der Waals surface area contributed by atoms with Crippen molar-refractivity contribution in [3.63, 3.8) is 0 Å². The fourth-order valence-corrected chi connectivity index (χ4v) is 3.09. The quantitative estimate of drug-likeness (QED) is 0.578. The zero-order chi connectivity index (χ0) is 19.9. The topological polar surface area (TPSA) is 94.3 Å². The van der Waals surface area contributed by atoms with Gasteiger partial charge in [-0.05, 0) is 42.5 Å². The van der Waals surface area contributed by atoms with Crippen LogP contribution in [0.25, 0.3) is 11.4 Å². The molecule has 3 aromatic rings. The molecule has 0 radical (unpaired) electrons. The Balaban J connectivity index is 1.45. The van der Waals surface area contributed by atoms with E-state index in [4.69, 9.17) is 9.26 Å². The Kier molecular flexibility index (Phi) is 6.54. The van der Waals surface area contributed by atoms with Crippen molar-refractivity contribution in [2.24, 2.45) is 0 Å². The SMILES string of the molecule is CCc1ccc(NC(=O)[C@@H](C)OC(=O)CCc2nc(-c3ccsc3)no2)cc1. The van der Waals surface area contributed by atoms with Crippen LogP contribution in [0.4, 0.5) is 5.69 Å². The molecule has 1 amide bonds. The molecule has 0 bridgehead atoms. The minimum Gasteiger partial charge on any atom is -0.453 e. The number of carbonyl (C=O) groups excluding carboxylic acids is 2. The standard InChI is InChI=1S/C20H21N3O4S/c1-3-14-4-6-16(7-5-14)21-20(25)13(2)26-18(24)9-8-17-22-19(23-27-17)15-10-11-28-12-15/h4-7,10-13H,3,8-9H2,1-2H3,(H,21,25)/t13-/m1/s1. The van der Waals surface area contributed by atoms with Crippen LogP contribution >= 0.6 is 11.3 Å². The van der Waals surface area contributed by atoms with Crippen LogP contribution in [0, 0.1) is 0 Å². The van der Waals surface area contributed by atoms with E-state index in [2.05, 4.69) is 22.4 Å². The van der Waals surface area contributed by atoms with E-state index in [1.165, 1.54) is 23.8 Å². The zero-order valence-electron chi connectivity index (χ0n) is 15.7. The summed E-state index contributed by atoms with van der Waals surface area (Å²) in [5.74, 6) is -0.0351. The van der Waals surface area contributed by atoms with Crippen molar-refractivity contribution < 1.29 is 18.8 Å². The second-order valence-electron chi connectivity index (χ2n) is 6.20. The summed E-state index contributed by atoms with van der Waals surface area (Å²) in [6.45, 7) is 3.60. The van der Waals surface area contributed by atoms with Gasteiger partial charge in [0.25, 0.3) is 5.91 Å². The van der Waals surface area contributed by atoms with Crippen LogP contribution in [0.1, 0.15) is 31.7 Å². The molecular weight excluding hydrogens is 378 g/mol. The molecule has 0 aliphatic rings. The lowest BCUT2D eigenvalue weighted by atomic mass is 10.1. The molecule has 146 valence electrons. The lowest BCUT2D eigenvalue weighted by molar-refractivity contribution is -0.153. The number of ether oxygens (including phenoxy) is 1. The van der Waals surface area contributed by atoms with E-state index in [1.807, 2.05) is 41.1 Å². The van der Waals surface area contributed by atoms with E-state index in [0.29, 0.717) is 17.4 Å². The highest BCUT2D eigenvalue weighted by Crippen LogP contribution is 2.19. The van der Waals surface area contributed by atoms with Crippen LogP contribution in [0.15, 0.2) is 45.6 Å². The number of anilines is 1. The smallest absolute Gasteiger partial charge is 0.307 e. The Morgan fingerprint density at radius 1 is 1.25 bits per heavy atom. The van der Waals surface area contributed by atoms with E-state index in [0.717, 1.165) is 12.0 Å². The first-order valence-corrected chi connectivity index (χ1v) is 9.94. The molecule has 0 fully saturated rings. The summed E-state index contributed by atoms with van der Waals surface area (Å²) in [5, 5.41) is 10.5. The fraction of sp³-hybridized carbons (Fsp3) is 0.300. The van der Waals surface area contributed by atoms with Gasteiger partial charge in [-0.1, -0.05) is 24.2 Å². The number of esters is 1. The van der Waals surface area contributed by atoms with Gasteiger partial charge in [-0.15, -0.1) is 0 Å². The van der Waals surface area contributed by atoms with Crippen LogP contribution in [0.3, 0.4) is 0 Å². The van der Waals surface area contributed by atoms with Crippen molar-refractivity contribution in [3.8, 4) is 11.4 Å². The van der Waals surface area contributed by atoms with Crippen LogP contribution in [-0.2, 0) is 27.2 Å². The third kappa shape index (κ3) is 5.26. The molecule has 0 aliphatic carbocycles. The number of rotatable bonds is 8. The van der Waals surface area contributed by atoms with Gasteiger partial charge in [0.2, 0.25) is 11.7 Å². The van der Waals surface area contributed by atoms with Gasteiger partial charge in [0, 0.05) is 23.1 Å². The molecule has 7 nitrogen and oxygen atoms in total. The van der Waals surface area contributed by atoms with Gasteiger partial charge in [0.1, 0.15) is 0 Å². The predicted molar refractivity (Wildman–Crippen MR) is 106 cm³/mol. The molecular formula is C20H21N3O4S. The number of aromatic nitrogens is 2. The van der Waals surface area contributed by atoms with Crippen molar-refractivity contribution in [1.29, 1.82) is 0 Å². The van der Waals surface area contributed by atoms with E-state index in [9.17, 15) is 9.59 Å². The Hall–Kier alpha value is -3.00. The average molecular weight is 399 g/mol. The van der Waals surface area contributed by atoms with Crippen molar-refractivity contribution in [2.45, 2.75) is 39.2 Å². The largest absolute Gasteiger partial charge is 0.453 e. The van der Waals surface area contributed by atoms with Gasteiger partial charge in [-0.2, -0.15) is 16.3 Å². The van der Waals surface area contributed by atoms with Crippen molar-refractivity contribution in [3.05, 3.63) is 52.5 Å². The fourth-order valence-electron chi connectivity index (χ4n) is 2.45. The summed E-state index contributed by atoms with van der Waals surface area (Å²) in [6.07, 6.45) is 0.330. The summed E-state index contributed by atoms with van der Waals surface area (Å²) in [5.41, 5.74) is 2.72. The summed E-state index contributed by atoms with van der Waals surface area (Å²) >= 11 is 1.54. The van der Waals surface area contributed by atoms with Crippen LogP contribution in [0.2, 0.25) is 0 Å². The molecule has 0 saturated carbocycles. The maximum absolute atomic E-state index is 12.2. The highest BCUT2D eigenvalue weighted by atomic mass is 32.1. The third-order valence-corrected chi connectivity index (χ3v) is 4.78. The second kappa shape index (κ2) is 9.27. The number of nitrogens with zero attached hydrogens (tertiary/aromatic N) is 2. The van der Waals surface area contributed by atoms with Crippen molar-refractivity contribution >= 4 is 28.9 Å². The summed E-state index contributed by atoms with van der Waals surface area (Å²) in [7, 11) is 0. The van der Waals surface area contributed by atoms with Crippen LogP contribution in [0.5, 0.6) is 0 Å². The van der Waals surface area contributed by atoms with Gasteiger partial charge in [-0.3, -0.25) is 9.59 Å². The number of hydrogen-bond donors (Lipinski definition) is 1. The monoisotopic (exact) mass is 399 g/mol. The van der Waals surface area contributed by atoms with E-state index in [-0.39, 0.29) is 18.7 Å². The highest BCUT2D eigenvalue weighted by molar-refractivity contribution is 7.08. The summed E-state index contributed by atoms with van der Waals surface area (Å²) in [4.78, 5) is 28.4. The zero-order valence-corrected chi connectivity index (χ0v) is 16.5. The summed E-state index contributed by atoms with van der Waals surface area (Å²) < 4.78 is 10.3. The van der Waals surface area contributed by atoms with E-state index >= 15 is 0 Å². The number of thiophene rings is 1. The minimum atomic E-state index is -0.901. The first-order chi connectivity index (χ1) is 13.5. The molecule has 1 atom stereocenters. The number of carbonyl (C=O) groups is 2. The maximum atomic E-state index is 12.2. The number of hydrogen-bond acceptors (Lipinski definition) is 7. The Morgan fingerprint density at radius 2 is 2.04 bits per heavy atom. The number of amides is 1. The highest BCUT2D eigenvalue weighted by Gasteiger charge is 2.19. The molecule has 1 N–H and O–H groups in total. The number of aryl methyl sites for hydroxylation is 2. The lowest BCUT2D eigenvalue weighted by Crippen LogP contribution is -2.30. The Labute approximate surface area is 166 Å². The number of nitrogens with one attached hydrogen (secondary N) is 1. The molecule has 0 saturated heterocycles. The molecule has 2 aromatic heterocycles. The van der Waals surface area contributed by atoms with E-state index in [1.54, 1.807) is 0 Å². The van der Waals surface area contributed by atoms with Gasteiger partial charge in [0.05, 0.1) is 6.42 Å². The van der Waals surface area contributed by atoms with Gasteiger partial charge in [0.15, 0.2) is 6.10 Å². The predicted octanol–water partition coefficient (Wildman–Crippen LogP) is 3.86. The van der Waals surface area contributed by atoms with Gasteiger partial charge >= 0.3 is 5.97 Å².